The van der Waals surface area contributed by atoms with Gasteiger partial charge in [0.25, 0.3) is 0 Å². The standard InChI is InChI=1S/C14H10O8/c15-7-3-1-5(11(19)13(7)21)9(17)10(18)6-2-4-8(16)14(22)12(6)20/h1-4,15-16,19-22H. The van der Waals surface area contributed by atoms with Gasteiger partial charge in [0, 0.05) is 0 Å². The van der Waals surface area contributed by atoms with Crippen LogP contribution in [-0.2, 0) is 0 Å². The van der Waals surface area contributed by atoms with Crippen molar-refractivity contribution < 1.29 is 40.2 Å². The number of carbonyl (C=O) groups excluding carboxylic acids is 2. The maximum absolute atomic E-state index is 12.0. The fraction of sp³-hybridized carbons (Fsp3) is 0. The van der Waals surface area contributed by atoms with Gasteiger partial charge in [0.05, 0.1) is 11.1 Å². The summed E-state index contributed by atoms with van der Waals surface area (Å²) in [4.78, 5) is 24.0. The van der Waals surface area contributed by atoms with Gasteiger partial charge in [0.2, 0.25) is 23.1 Å². The van der Waals surface area contributed by atoms with E-state index in [0.29, 0.717) is 0 Å². The predicted octanol–water partition coefficient (Wildman–Crippen LogP) is 0.986. The lowest BCUT2D eigenvalue weighted by molar-refractivity contribution is 0.0812. The Bertz CT molecular complexity index is 726. The predicted molar refractivity (Wildman–Crippen MR) is 71.5 cm³/mol. The Morgan fingerprint density at radius 1 is 0.545 bits per heavy atom. The Morgan fingerprint density at radius 3 is 1.18 bits per heavy atom. The summed E-state index contributed by atoms with van der Waals surface area (Å²) >= 11 is 0. The van der Waals surface area contributed by atoms with E-state index in [1.807, 2.05) is 0 Å². The maximum atomic E-state index is 12.0. The Balaban J connectivity index is 2.49. The van der Waals surface area contributed by atoms with Gasteiger partial charge >= 0.3 is 0 Å². The molecule has 2 rings (SSSR count). The number of rotatable bonds is 3. The van der Waals surface area contributed by atoms with Crippen molar-refractivity contribution in [2.75, 3.05) is 0 Å². The van der Waals surface area contributed by atoms with Crippen molar-refractivity contribution in [3.8, 4) is 34.5 Å². The van der Waals surface area contributed by atoms with Crippen LogP contribution in [-0.4, -0.2) is 42.2 Å². The minimum Gasteiger partial charge on any atom is -0.504 e. The number of phenols is 6. The van der Waals surface area contributed by atoms with Crippen LogP contribution in [0.5, 0.6) is 34.5 Å². The van der Waals surface area contributed by atoms with Crippen LogP contribution in [0.3, 0.4) is 0 Å². The SMILES string of the molecule is O=C(C(=O)c1ccc(O)c(O)c1O)c1ccc(O)c(O)c1O. The van der Waals surface area contributed by atoms with Crippen molar-refractivity contribution >= 4 is 11.6 Å². The van der Waals surface area contributed by atoms with E-state index in [1.165, 1.54) is 0 Å². The first-order valence-electron chi connectivity index (χ1n) is 5.82. The Hall–Kier alpha value is -3.42. The second-order valence-corrected chi connectivity index (χ2v) is 4.32. The molecule has 22 heavy (non-hydrogen) atoms. The molecule has 0 spiro atoms. The lowest BCUT2D eigenvalue weighted by Crippen LogP contribution is -2.15. The molecule has 0 aliphatic rings. The van der Waals surface area contributed by atoms with Gasteiger partial charge in [-0.25, -0.2) is 0 Å². The van der Waals surface area contributed by atoms with Gasteiger partial charge in [-0.2, -0.15) is 0 Å². The fourth-order valence-electron chi connectivity index (χ4n) is 1.75. The van der Waals surface area contributed by atoms with Crippen molar-refractivity contribution in [3.05, 3.63) is 35.4 Å². The summed E-state index contributed by atoms with van der Waals surface area (Å²) in [5, 5.41) is 56.2. The van der Waals surface area contributed by atoms with Crippen LogP contribution >= 0.6 is 0 Å². The molecule has 0 fully saturated rings. The molecule has 0 saturated carbocycles. The first-order chi connectivity index (χ1) is 10.3. The van der Waals surface area contributed by atoms with E-state index in [0.717, 1.165) is 24.3 Å². The van der Waals surface area contributed by atoms with Crippen LogP contribution in [0.1, 0.15) is 20.7 Å². The van der Waals surface area contributed by atoms with Gasteiger partial charge in [-0.15, -0.1) is 0 Å². The molecule has 0 unspecified atom stereocenters. The molecule has 0 heterocycles. The summed E-state index contributed by atoms with van der Waals surface area (Å²) in [6, 6.07) is 3.59. The minimum atomic E-state index is -1.30. The Kier molecular flexibility index (Phi) is 3.52. The van der Waals surface area contributed by atoms with Crippen molar-refractivity contribution in [3.63, 3.8) is 0 Å². The number of aromatic hydroxyl groups is 6. The zero-order valence-corrected chi connectivity index (χ0v) is 10.8. The highest BCUT2D eigenvalue weighted by molar-refractivity contribution is 6.50. The quantitative estimate of drug-likeness (QED) is 0.278. The summed E-state index contributed by atoms with van der Waals surface area (Å²) in [7, 11) is 0. The van der Waals surface area contributed by atoms with Gasteiger partial charge in [-0.3, -0.25) is 9.59 Å². The molecule has 0 bridgehead atoms. The molecule has 8 heteroatoms. The van der Waals surface area contributed by atoms with E-state index < -0.39 is 57.2 Å². The number of hydrogen-bond donors (Lipinski definition) is 6. The zero-order valence-electron chi connectivity index (χ0n) is 10.8. The summed E-state index contributed by atoms with van der Waals surface area (Å²) in [6.45, 7) is 0. The number of hydrogen-bond acceptors (Lipinski definition) is 8. The van der Waals surface area contributed by atoms with Crippen LogP contribution in [0.4, 0.5) is 0 Å². The van der Waals surface area contributed by atoms with Gasteiger partial charge in [-0.05, 0) is 24.3 Å². The van der Waals surface area contributed by atoms with Crippen LogP contribution < -0.4 is 0 Å². The fourth-order valence-corrected chi connectivity index (χ4v) is 1.75. The summed E-state index contributed by atoms with van der Waals surface area (Å²) < 4.78 is 0. The molecule has 0 radical (unpaired) electrons. The molecule has 8 nitrogen and oxygen atoms in total. The summed E-state index contributed by atoms with van der Waals surface area (Å²) in [6.07, 6.45) is 0. The van der Waals surface area contributed by atoms with Crippen molar-refractivity contribution in [1.29, 1.82) is 0 Å². The lowest BCUT2D eigenvalue weighted by atomic mass is 9.99. The summed E-state index contributed by atoms with van der Waals surface area (Å²) in [5.41, 5.74) is -1.21. The molecular weight excluding hydrogens is 296 g/mol. The zero-order chi connectivity index (χ0) is 16.6. The van der Waals surface area contributed by atoms with Gasteiger partial charge in [0.1, 0.15) is 0 Å². The topological polar surface area (TPSA) is 156 Å². The highest BCUT2D eigenvalue weighted by Crippen LogP contribution is 2.40. The minimum absolute atomic E-state index is 0.604. The number of benzene rings is 2. The Labute approximate surface area is 122 Å². The third kappa shape index (κ3) is 2.22. The highest BCUT2D eigenvalue weighted by atomic mass is 16.3. The molecule has 0 aromatic heterocycles. The van der Waals surface area contributed by atoms with E-state index in [1.54, 1.807) is 0 Å². The van der Waals surface area contributed by atoms with Crippen LogP contribution in [0, 0.1) is 0 Å². The van der Waals surface area contributed by atoms with E-state index >= 15 is 0 Å². The van der Waals surface area contributed by atoms with Gasteiger partial charge in [-0.1, -0.05) is 0 Å². The molecule has 0 saturated heterocycles. The monoisotopic (exact) mass is 306 g/mol. The first kappa shape index (κ1) is 15.0. The smallest absolute Gasteiger partial charge is 0.237 e. The van der Waals surface area contributed by atoms with E-state index in [9.17, 15) is 30.0 Å². The number of Topliss-reactive ketones (excluding diaryl/α,β-unsaturated/α-hetero) is 2. The van der Waals surface area contributed by atoms with Crippen molar-refractivity contribution in [2.24, 2.45) is 0 Å². The molecule has 0 aliphatic heterocycles. The molecular formula is C14H10O8. The van der Waals surface area contributed by atoms with Crippen LogP contribution in [0.25, 0.3) is 0 Å². The summed E-state index contributed by atoms with van der Waals surface area (Å²) in [5.74, 6) is -7.92. The van der Waals surface area contributed by atoms with Crippen molar-refractivity contribution in [2.45, 2.75) is 0 Å². The average Bonchev–Trinajstić information content (AvgIpc) is 2.49. The molecule has 2 aromatic carbocycles. The van der Waals surface area contributed by atoms with Crippen LogP contribution in [0.2, 0.25) is 0 Å². The third-order valence-electron chi connectivity index (χ3n) is 2.96. The van der Waals surface area contributed by atoms with Gasteiger partial charge < -0.3 is 30.6 Å². The second kappa shape index (κ2) is 5.17. The normalized spacial score (nSPS) is 10.4. The maximum Gasteiger partial charge on any atom is 0.237 e. The van der Waals surface area contributed by atoms with E-state index in [-0.39, 0.29) is 0 Å². The molecule has 0 atom stereocenters. The molecule has 0 aliphatic carbocycles. The molecule has 114 valence electrons. The molecule has 0 amide bonds. The van der Waals surface area contributed by atoms with E-state index in [4.69, 9.17) is 10.2 Å². The molecule has 6 N–H and O–H groups in total. The third-order valence-corrected chi connectivity index (χ3v) is 2.96. The van der Waals surface area contributed by atoms with E-state index in [2.05, 4.69) is 0 Å². The second-order valence-electron chi connectivity index (χ2n) is 4.32. The Morgan fingerprint density at radius 2 is 0.864 bits per heavy atom. The lowest BCUT2D eigenvalue weighted by Gasteiger charge is -2.08. The molecule has 2 aromatic rings. The van der Waals surface area contributed by atoms with Crippen LogP contribution in [0.15, 0.2) is 24.3 Å². The number of carbonyl (C=O) groups is 2. The first-order valence-corrected chi connectivity index (χ1v) is 5.82. The highest BCUT2D eigenvalue weighted by Gasteiger charge is 2.27. The number of ketones is 2. The van der Waals surface area contributed by atoms with Gasteiger partial charge in [0.15, 0.2) is 23.0 Å². The average molecular weight is 306 g/mol. The number of phenolic OH excluding ortho intramolecular Hbond substituents is 6. The van der Waals surface area contributed by atoms with Crippen molar-refractivity contribution in [1.82, 2.24) is 0 Å². The largest absolute Gasteiger partial charge is 0.504 e.